The Hall–Kier alpha value is -2.96. The monoisotopic (exact) mass is 356 g/mol. The second-order valence-electron chi connectivity index (χ2n) is 6.46. The van der Waals surface area contributed by atoms with Crippen molar-refractivity contribution in [3.63, 3.8) is 0 Å². The molecule has 3 amide bonds. The average Bonchev–Trinajstić information content (AvgIpc) is 2.86. The number of carbonyl (C=O) groups excluding carboxylic acids is 4. The van der Waals surface area contributed by atoms with Gasteiger partial charge >= 0.3 is 5.97 Å². The van der Waals surface area contributed by atoms with Gasteiger partial charge in [-0.05, 0) is 31.4 Å². The Balaban J connectivity index is 1.74. The highest BCUT2D eigenvalue weighted by Gasteiger charge is 2.47. The molecule has 26 heavy (non-hydrogen) atoms. The zero-order chi connectivity index (χ0) is 18.8. The molecule has 3 rings (SSSR count). The van der Waals surface area contributed by atoms with Crippen LogP contribution in [-0.4, -0.2) is 42.2 Å². The molecule has 0 radical (unpaired) electrons. The first-order valence-electron chi connectivity index (χ1n) is 8.42. The largest absolute Gasteiger partial charge is 0.465 e. The molecule has 1 aliphatic heterocycles. The molecule has 2 aliphatic rings. The zero-order valence-corrected chi connectivity index (χ0v) is 14.7. The van der Waals surface area contributed by atoms with Crippen molar-refractivity contribution >= 4 is 29.4 Å². The van der Waals surface area contributed by atoms with Gasteiger partial charge in [0.15, 0.2) is 0 Å². The molecule has 7 heteroatoms. The van der Waals surface area contributed by atoms with E-state index in [1.165, 1.54) is 7.11 Å². The molecule has 0 aromatic heterocycles. The van der Waals surface area contributed by atoms with Crippen LogP contribution in [0.4, 0.5) is 5.69 Å². The molecule has 1 fully saturated rings. The van der Waals surface area contributed by atoms with Gasteiger partial charge < -0.3 is 10.1 Å². The summed E-state index contributed by atoms with van der Waals surface area (Å²) in [6.07, 6.45) is 4.84. The Morgan fingerprint density at radius 2 is 1.77 bits per heavy atom. The standard InChI is InChI=1S/C19H20N2O5/c1-11-6-5-9-14(16(11)19(25)26-2)20-15(22)10-21-17(23)12-7-3-4-8-13(12)18(21)24/h3-6,9,12-13H,7-8,10H2,1-2H3,(H,20,22). The van der Waals surface area contributed by atoms with Crippen LogP contribution in [0.25, 0.3) is 0 Å². The summed E-state index contributed by atoms with van der Waals surface area (Å²) in [6.45, 7) is 1.37. The summed E-state index contributed by atoms with van der Waals surface area (Å²) in [4.78, 5) is 50.3. The number of likely N-dealkylation sites (tertiary alicyclic amines) is 1. The van der Waals surface area contributed by atoms with Gasteiger partial charge in [0.1, 0.15) is 6.54 Å². The number of amides is 3. The van der Waals surface area contributed by atoms with Gasteiger partial charge in [0.25, 0.3) is 0 Å². The van der Waals surface area contributed by atoms with Crippen molar-refractivity contribution < 1.29 is 23.9 Å². The molecule has 0 spiro atoms. The number of nitrogens with zero attached hydrogens (tertiary/aromatic N) is 1. The summed E-state index contributed by atoms with van der Waals surface area (Å²) in [6, 6.07) is 5.01. The summed E-state index contributed by atoms with van der Waals surface area (Å²) in [7, 11) is 1.26. The normalized spacial score (nSPS) is 21.5. The van der Waals surface area contributed by atoms with E-state index in [0.717, 1.165) is 4.90 Å². The Bertz CT molecular complexity index is 788. The minimum atomic E-state index is -0.566. The molecular formula is C19H20N2O5. The van der Waals surface area contributed by atoms with Crippen molar-refractivity contribution in [2.24, 2.45) is 11.8 Å². The lowest BCUT2D eigenvalue weighted by Gasteiger charge is -2.16. The smallest absolute Gasteiger partial charge is 0.340 e. The van der Waals surface area contributed by atoms with Crippen molar-refractivity contribution in [1.82, 2.24) is 4.90 Å². The van der Waals surface area contributed by atoms with Crippen molar-refractivity contribution in [2.45, 2.75) is 19.8 Å². The predicted octanol–water partition coefficient (Wildman–Crippen LogP) is 1.67. The molecule has 136 valence electrons. The first-order valence-corrected chi connectivity index (χ1v) is 8.42. The second-order valence-corrected chi connectivity index (χ2v) is 6.46. The maximum Gasteiger partial charge on any atom is 0.340 e. The summed E-state index contributed by atoms with van der Waals surface area (Å²) in [5.74, 6) is -2.46. The van der Waals surface area contributed by atoms with Crippen LogP contribution in [0.15, 0.2) is 30.4 Å². The van der Waals surface area contributed by atoms with E-state index >= 15 is 0 Å². The van der Waals surface area contributed by atoms with E-state index < -0.39 is 11.9 Å². The van der Waals surface area contributed by atoms with Crippen LogP contribution < -0.4 is 5.32 Å². The van der Waals surface area contributed by atoms with Crippen LogP contribution >= 0.6 is 0 Å². The molecule has 7 nitrogen and oxygen atoms in total. The number of aryl methyl sites for hydroxylation is 1. The number of hydrogen-bond acceptors (Lipinski definition) is 5. The average molecular weight is 356 g/mol. The predicted molar refractivity (Wildman–Crippen MR) is 93.2 cm³/mol. The van der Waals surface area contributed by atoms with Gasteiger partial charge in [0, 0.05) is 0 Å². The van der Waals surface area contributed by atoms with Gasteiger partial charge in [-0.15, -0.1) is 0 Å². The number of carbonyl (C=O) groups is 4. The number of hydrogen-bond donors (Lipinski definition) is 1. The molecule has 0 saturated carbocycles. The number of nitrogens with one attached hydrogen (secondary N) is 1. The van der Waals surface area contributed by atoms with E-state index in [2.05, 4.69) is 5.32 Å². The zero-order valence-electron chi connectivity index (χ0n) is 14.7. The fourth-order valence-corrected chi connectivity index (χ4v) is 3.50. The Morgan fingerprint density at radius 3 is 2.35 bits per heavy atom. The summed E-state index contributed by atoms with van der Waals surface area (Å²) in [5.41, 5.74) is 1.19. The topological polar surface area (TPSA) is 92.8 Å². The first kappa shape index (κ1) is 17.8. The number of anilines is 1. The maximum atomic E-state index is 12.4. The van der Waals surface area contributed by atoms with Gasteiger partial charge in [0.2, 0.25) is 17.7 Å². The Labute approximate surface area is 151 Å². The van der Waals surface area contributed by atoms with Gasteiger partial charge in [-0.1, -0.05) is 24.3 Å². The molecule has 1 aliphatic carbocycles. The molecule has 1 aromatic rings. The number of esters is 1. The third kappa shape index (κ3) is 3.12. The number of allylic oxidation sites excluding steroid dienone is 2. The van der Waals surface area contributed by atoms with Gasteiger partial charge in [-0.2, -0.15) is 0 Å². The number of benzene rings is 1. The second kappa shape index (κ2) is 7.11. The van der Waals surface area contributed by atoms with E-state index in [0.29, 0.717) is 24.1 Å². The SMILES string of the molecule is COC(=O)c1c(C)cccc1NC(=O)CN1C(=O)C2CC=CCC2C1=O. The fourth-order valence-electron chi connectivity index (χ4n) is 3.50. The highest BCUT2D eigenvalue weighted by molar-refractivity contribution is 6.09. The van der Waals surface area contributed by atoms with E-state index in [1.54, 1.807) is 25.1 Å². The molecule has 0 bridgehead atoms. The molecule has 1 aromatic carbocycles. The molecule has 1 saturated heterocycles. The van der Waals surface area contributed by atoms with Gasteiger partial charge in [-0.3, -0.25) is 19.3 Å². The number of ether oxygens (including phenoxy) is 1. The number of rotatable bonds is 4. The van der Waals surface area contributed by atoms with Crippen LogP contribution in [0, 0.1) is 18.8 Å². The number of imide groups is 1. The van der Waals surface area contributed by atoms with E-state index in [-0.39, 0.29) is 35.8 Å². The minimum Gasteiger partial charge on any atom is -0.465 e. The van der Waals surface area contributed by atoms with Crippen LogP contribution in [0.5, 0.6) is 0 Å². The van der Waals surface area contributed by atoms with Crippen molar-refractivity contribution in [3.05, 3.63) is 41.5 Å². The molecule has 1 heterocycles. The van der Waals surface area contributed by atoms with Crippen molar-refractivity contribution in [1.29, 1.82) is 0 Å². The lowest BCUT2D eigenvalue weighted by Crippen LogP contribution is -2.38. The maximum absolute atomic E-state index is 12.4. The van der Waals surface area contributed by atoms with E-state index in [9.17, 15) is 19.2 Å². The van der Waals surface area contributed by atoms with Crippen molar-refractivity contribution in [3.8, 4) is 0 Å². The van der Waals surface area contributed by atoms with Crippen LogP contribution in [0.3, 0.4) is 0 Å². The molecule has 2 unspecified atom stereocenters. The highest BCUT2D eigenvalue weighted by atomic mass is 16.5. The number of fused-ring (bicyclic) bond motifs is 1. The third-order valence-corrected chi connectivity index (χ3v) is 4.84. The first-order chi connectivity index (χ1) is 12.4. The quantitative estimate of drug-likeness (QED) is 0.503. The van der Waals surface area contributed by atoms with Gasteiger partial charge in [-0.25, -0.2) is 4.79 Å². The molecule has 2 atom stereocenters. The number of methoxy groups -OCH3 is 1. The molecular weight excluding hydrogens is 336 g/mol. The molecule has 1 N–H and O–H groups in total. The summed E-state index contributed by atoms with van der Waals surface area (Å²) in [5, 5.41) is 2.61. The summed E-state index contributed by atoms with van der Waals surface area (Å²) >= 11 is 0. The highest BCUT2D eigenvalue weighted by Crippen LogP contribution is 2.34. The third-order valence-electron chi connectivity index (χ3n) is 4.84. The lowest BCUT2D eigenvalue weighted by molar-refractivity contribution is -0.142. The van der Waals surface area contributed by atoms with Crippen molar-refractivity contribution in [2.75, 3.05) is 19.0 Å². The van der Waals surface area contributed by atoms with E-state index in [1.807, 2.05) is 12.2 Å². The summed E-state index contributed by atoms with van der Waals surface area (Å²) < 4.78 is 4.76. The van der Waals surface area contributed by atoms with Gasteiger partial charge in [0.05, 0.1) is 30.2 Å². The lowest BCUT2D eigenvalue weighted by atomic mass is 9.85. The minimum absolute atomic E-state index is 0.250. The fraction of sp³-hybridized carbons (Fsp3) is 0.368. The Kier molecular flexibility index (Phi) is 4.88. The Morgan fingerprint density at radius 1 is 1.15 bits per heavy atom. The van der Waals surface area contributed by atoms with Crippen LogP contribution in [0.1, 0.15) is 28.8 Å². The van der Waals surface area contributed by atoms with Crippen LogP contribution in [-0.2, 0) is 19.1 Å². The van der Waals surface area contributed by atoms with Crippen LogP contribution in [0.2, 0.25) is 0 Å². The van der Waals surface area contributed by atoms with E-state index in [4.69, 9.17) is 4.74 Å².